The third-order valence-corrected chi connectivity index (χ3v) is 12.5. The summed E-state index contributed by atoms with van der Waals surface area (Å²) in [4.78, 5) is 26.9. The topological polar surface area (TPSA) is 65.1 Å². The summed E-state index contributed by atoms with van der Waals surface area (Å²) in [6.07, 6.45) is -0.468. The highest BCUT2D eigenvalue weighted by molar-refractivity contribution is 6.99. The van der Waals surface area contributed by atoms with Crippen LogP contribution < -0.4 is 15.3 Å². The molecule has 4 rings (SSSR count). The number of benzene rings is 3. The molecule has 0 aliphatic carbocycles. The number of carbonyl (C=O) groups is 2. The first-order valence-corrected chi connectivity index (χ1v) is 16.2. The average Bonchev–Trinajstić information content (AvgIpc) is 2.94. The lowest BCUT2D eigenvalue weighted by atomic mass is 10.0. The number of rotatable bonds is 9. The van der Waals surface area contributed by atoms with Gasteiger partial charge >= 0.3 is 5.97 Å². The minimum atomic E-state index is -3.08. The average molecular weight is 596 g/mol. The summed E-state index contributed by atoms with van der Waals surface area (Å²) in [7, 11) is -3.08. The van der Waals surface area contributed by atoms with Crippen LogP contribution in [-0.2, 0) is 25.3 Å². The third-order valence-electron chi connectivity index (χ3n) is 7.56. The van der Waals surface area contributed by atoms with Gasteiger partial charge in [0.05, 0.1) is 36.7 Å². The Kier molecular flexibility index (Phi) is 9.65. The van der Waals surface area contributed by atoms with Crippen LogP contribution in [0.5, 0.6) is 0 Å². The number of esters is 1. The van der Waals surface area contributed by atoms with E-state index in [1.165, 1.54) is 13.0 Å². The van der Waals surface area contributed by atoms with Crippen molar-refractivity contribution < 1.29 is 32.3 Å². The minimum absolute atomic E-state index is 0.00726. The molecule has 1 fully saturated rings. The van der Waals surface area contributed by atoms with Gasteiger partial charge in [-0.3, -0.25) is 4.79 Å². The number of nitrogens with zero attached hydrogens (tertiary/aromatic N) is 1. The molecule has 0 aromatic heterocycles. The van der Waals surface area contributed by atoms with Gasteiger partial charge < -0.3 is 18.8 Å². The Hall–Kier alpha value is -3.40. The zero-order valence-electron chi connectivity index (χ0n) is 25.1. The number of hydrogen-bond donors (Lipinski definition) is 0. The second kappa shape index (κ2) is 12.9. The van der Waals surface area contributed by atoms with Gasteiger partial charge in [0.1, 0.15) is 0 Å². The monoisotopic (exact) mass is 595 g/mol. The molecule has 0 unspecified atom stereocenters. The number of carbonyl (C=O) groups excluding carboxylic acids is 2. The van der Waals surface area contributed by atoms with Crippen LogP contribution in [-0.4, -0.2) is 52.0 Å². The van der Waals surface area contributed by atoms with Crippen molar-refractivity contribution in [1.29, 1.82) is 0 Å². The van der Waals surface area contributed by atoms with Crippen LogP contribution in [0.2, 0.25) is 5.04 Å². The lowest BCUT2D eigenvalue weighted by Gasteiger charge is -2.43. The van der Waals surface area contributed by atoms with Crippen molar-refractivity contribution in [3.05, 3.63) is 89.5 Å². The number of ether oxygens (including phenoxy) is 2. The van der Waals surface area contributed by atoms with Crippen molar-refractivity contribution in [3.63, 3.8) is 0 Å². The van der Waals surface area contributed by atoms with Gasteiger partial charge in [0, 0.05) is 18.7 Å². The Morgan fingerprint density at radius 2 is 1.45 bits per heavy atom. The Morgan fingerprint density at radius 3 is 1.93 bits per heavy atom. The van der Waals surface area contributed by atoms with E-state index in [-0.39, 0.29) is 41.7 Å². The van der Waals surface area contributed by atoms with E-state index in [4.69, 9.17) is 13.9 Å². The molecule has 1 saturated heterocycles. The van der Waals surface area contributed by atoms with Crippen LogP contribution in [0, 0.1) is 11.6 Å². The van der Waals surface area contributed by atoms with Crippen molar-refractivity contribution in [3.8, 4) is 0 Å². The van der Waals surface area contributed by atoms with Crippen molar-refractivity contribution in [2.24, 2.45) is 0 Å². The van der Waals surface area contributed by atoms with Crippen molar-refractivity contribution in [2.45, 2.75) is 65.4 Å². The molecular weight excluding hydrogens is 556 g/mol. The summed E-state index contributed by atoms with van der Waals surface area (Å²) in [6.45, 7) is 12.1. The lowest BCUT2D eigenvalue weighted by Crippen LogP contribution is -2.66. The van der Waals surface area contributed by atoms with Gasteiger partial charge in [-0.05, 0) is 42.2 Å². The highest BCUT2D eigenvalue weighted by atomic mass is 28.4. The van der Waals surface area contributed by atoms with E-state index >= 15 is 8.78 Å². The van der Waals surface area contributed by atoms with Gasteiger partial charge in [0.25, 0.3) is 14.1 Å². The zero-order valence-corrected chi connectivity index (χ0v) is 26.1. The highest BCUT2D eigenvalue weighted by Gasteiger charge is 2.50. The van der Waals surface area contributed by atoms with E-state index in [1.54, 1.807) is 4.90 Å². The number of ketones is 1. The number of Topliss-reactive ketones (excluding diaryl/α,β-unsaturated/α-hetero) is 1. The molecule has 1 heterocycles. The third kappa shape index (κ3) is 6.18. The summed E-state index contributed by atoms with van der Waals surface area (Å²) in [5.41, 5.74) is -0.395. The first-order chi connectivity index (χ1) is 19.9. The van der Waals surface area contributed by atoms with Crippen molar-refractivity contribution in [2.75, 3.05) is 24.6 Å². The highest BCUT2D eigenvalue weighted by Crippen LogP contribution is 2.39. The maximum atomic E-state index is 16.1. The van der Waals surface area contributed by atoms with Crippen molar-refractivity contribution in [1.82, 2.24) is 0 Å². The number of anilines is 1. The number of hydrogen-bond acceptors (Lipinski definition) is 6. The first kappa shape index (κ1) is 31.5. The smallest absolute Gasteiger partial charge is 0.379 e. The number of halogens is 2. The molecule has 1 aliphatic rings. The predicted octanol–water partition coefficient (Wildman–Crippen LogP) is 5.40. The fraction of sp³-hybridized carbons (Fsp3) is 0.394. The summed E-state index contributed by atoms with van der Waals surface area (Å²) in [5.74, 6) is -5.07. The maximum absolute atomic E-state index is 16.1. The molecule has 0 amide bonds. The molecule has 9 heteroatoms. The van der Waals surface area contributed by atoms with E-state index in [0.29, 0.717) is 13.1 Å². The molecule has 6 nitrogen and oxygen atoms in total. The molecule has 2 atom stereocenters. The molecule has 3 aromatic carbocycles. The molecule has 3 aromatic rings. The van der Waals surface area contributed by atoms with E-state index in [1.807, 2.05) is 74.5 Å². The van der Waals surface area contributed by atoms with E-state index in [2.05, 4.69) is 20.8 Å². The Morgan fingerprint density at radius 1 is 0.929 bits per heavy atom. The summed E-state index contributed by atoms with van der Waals surface area (Å²) < 4.78 is 49.3. The van der Waals surface area contributed by atoms with Gasteiger partial charge in [0.2, 0.25) is 0 Å². The molecule has 224 valence electrons. The summed E-state index contributed by atoms with van der Waals surface area (Å²) in [5, 5.41) is 1.66. The summed E-state index contributed by atoms with van der Waals surface area (Å²) >= 11 is 0. The molecule has 0 bridgehead atoms. The minimum Gasteiger partial charge on any atom is -0.460 e. The van der Waals surface area contributed by atoms with Crippen LogP contribution in [0.4, 0.5) is 14.5 Å². The molecule has 0 spiro atoms. The largest absolute Gasteiger partial charge is 0.460 e. The quantitative estimate of drug-likeness (QED) is 0.143. The molecular formula is C33H39F2NO5Si. The van der Waals surface area contributed by atoms with Crippen LogP contribution in [0.1, 0.15) is 57.5 Å². The molecule has 42 heavy (non-hydrogen) atoms. The van der Waals surface area contributed by atoms with Crippen LogP contribution in [0.25, 0.3) is 0 Å². The second-order valence-corrected chi connectivity index (χ2v) is 16.0. The van der Waals surface area contributed by atoms with Gasteiger partial charge in [-0.15, -0.1) is 0 Å². The van der Waals surface area contributed by atoms with Crippen LogP contribution in [0.3, 0.4) is 0 Å². The standard InChI is InChI=1S/C33H39F2NO5Si/c1-7-39-32(38)31(37)27-18-24(30(29(35)28(27)34)36-19-22(2)41-23(3)20-36)21-40-42(33(4,5)6,25-14-10-8-11-15-25)26-16-12-9-13-17-26/h8-18,22-23H,7,19-21H2,1-6H3/t22-,23-/m1/s1. The fourth-order valence-electron chi connectivity index (χ4n) is 5.90. The Bertz CT molecular complexity index is 1360. The first-order valence-electron chi connectivity index (χ1n) is 14.3. The lowest BCUT2D eigenvalue weighted by molar-refractivity contribution is -0.137. The predicted molar refractivity (Wildman–Crippen MR) is 162 cm³/mol. The van der Waals surface area contributed by atoms with Crippen LogP contribution in [0.15, 0.2) is 66.7 Å². The zero-order chi connectivity index (χ0) is 30.7. The molecule has 0 N–H and O–H groups in total. The Balaban J connectivity index is 1.90. The molecule has 0 radical (unpaired) electrons. The molecule has 1 aliphatic heterocycles. The van der Waals surface area contributed by atoms with Gasteiger partial charge in [-0.2, -0.15) is 0 Å². The molecule has 0 saturated carbocycles. The van der Waals surface area contributed by atoms with Crippen molar-refractivity contribution >= 4 is 36.1 Å². The van der Waals surface area contributed by atoms with Gasteiger partial charge in [0.15, 0.2) is 11.6 Å². The van der Waals surface area contributed by atoms with E-state index in [9.17, 15) is 9.59 Å². The second-order valence-electron chi connectivity index (χ2n) is 11.7. The summed E-state index contributed by atoms with van der Waals surface area (Å²) in [6, 6.07) is 21.1. The fourth-order valence-corrected chi connectivity index (χ4v) is 10.4. The maximum Gasteiger partial charge on any atom is 0.379 e. The van der Waals surface area contributed by atoms with Gasteiger partial charge in [-0.25, -0.2) is 13.6 Å². The SMILES string of the molecule is CCOC(=O)C(=O)c1cc(CO[Si](c2ccccc2)(c2ccccc2)C(C)(C)C)c(N2C[C@@H](C)O[C@H](C)C2)c(F)c1F. The Labute approximate surface area is 247 Å². The van der Waals surface area contributed by atoms with Crippen LogP contribution >= 0.6 is 0 Å². The van der Waals surface area contributed by atoms with E-state index in [0.717, 1.165) is 10.4 Å². The van der Waals surface area contributed by atoms with E-state index < -0.39 is 37.3 Å². The van der Waals surface area contributed by atoms with Gasteiger partial charge in [-0.1, -0.05) is 81.4 Å². The normalized spacial score (nSPS) is 17.7. The number of morpholine rings is 1.